The average Bonchev–Trinajstić information content (AvgIpc) is 2.71. The van der Waals surface area contributed by atoms with Crippen LogP contribution >= 0.6 is 0 Å². The first-order chi connectivity index (χ1) is 13.4. The number of alkyl halides is 3. The van der Waals surface area contributed by atoms with E-state index >= 15 is 0 Å². The van der Waals surface area contributed by atoms with Crippen molar-refractivity contribution in [1.29, 1.82) is 0 Å². The predicted octanol–water partition coefficient (Wildman–Crippen LogP) is 2.99. The Labute approximate surface area is 160 Å². The second-order valence-electron chi connectivity index (χ2n) is 6.24. The van der Waals surface area contributed by atoms with E-state index in [-0.39, 0.29) is 11.4 Å². The number of ether oxygens (including phenoxy) is 2. The van der Waals surface area contributed by atoms with E-state index in [2.05, 4.69) is 9.88 Å². The molecule has 1 fully saturated rings. The number of rotatable bonds is 5. The lowest BCUT2D eigenvalue weighted by Gasteiger charge is -2.36. The van der Waals surface area contributed by atoms with E-state index in [0.29, 0.717) is 26.2 Å². The van der Waals surface area contributed by atoms with E-state index in [1.165, 1.54) is 18.3 Å². The maximum absolute atomic E-state index is 12.8. The van der Waals surface area contributed by atoms with Gasteiger partial charge in [-0.15, -0.1) is 0 Å². The van der Waals surface area contributed by atoms with Gasteiger partial charge in [0.1, 0.15) is 11.3 Å². The summed E-state index contributed by atoms with van der Waals surface area (Å²) in [6.45, 7) is 0.566. The molecule has 28 heavy (non-hydrogen) atoms. The van der Waals surface area contributed by atoms with Gasteiger partial charge in [0.2, 0.25) is 5.88 Å². The third-order valence-corrected chi connectivity index (χ3v) is 4.36. The fourth-order valence-corrected chi connectivity index (χ4v) is 2.96. The first kappa shape index (κ1) is 19.8. The van der Waals surface area contributed by atoms with Crippen LogP contribution in [0.3, 0.4) is 0 Å². The van der Waals surface area contributed by atoms with E-state index < -0.39 is 18.7 Å². The molecule has 2 heterocycles. The maximum atomic E-state index is 12.8. The Kier molecular flexibility index (Phi) is 5.91. The Morgan fingerprint density at radius 2 is 1.89 bits per heavy atom. The van der Waals surface area contributed by atoms with Gasteiger partial charge in [-0.1, -0.05) is 6.07 Å². The molecule has 1 aliphatic heterocycles. The number of hydrogen-bond acceptors (Lipinski definition) is 5. The lowest BCUT2D eigenvalue weighted by atomic mass is 10.2. The van der Waals surface area contributed by atoms with Gasteiger partial charge < -0.3 is 19.3 Å². The molecular weight excluding hydrogens is 375 g/mol. The molecule has 1 aliphatic rings. The number of anilines is 1. The number of halogens is 3. The predicted molar refractivity (Wildman–Crippen MR) is 96.9 cm³/mol. The number of benzene rings is 1. The molecule has 6 nitrogen and oxygen atoms in total. The van der Waals surface area contributed by atoms with E-state index in [4.69, 9.17) is 9.47 Å². The minimum Gasteiger partial charge on any atom is -0.497 e. The number of methoxy groups -OCH3 is 1. The summed E-state index contributed by atoms with van der Waals surface area (Å²) < 4.78 is 47.2. The molecule has 0 saturated carbocycles. The molecule has 0 spiro atoms. The highest BCUT2D eigenvalue weighted by atomic mass is 19.4. The third-order valence-electron chi connectivity index (χ3n) is 4.36. The van der Waals surface area contributed by atoms with Crippen LogP contribution in [-0.4, -0.2) is 61.9 Å². The van der Waals surface area contributed by atoms with Gasteiger partial charge in [0, 0.05) is 44.1 Å². The standard InChI is InChI=1S/C19H20F3N3O3/c1-27-15-5-2-4-14(12-15)24-8-10-25(11-9-24)18(26)16-6-3-7-23-17(16)28-13-19(20,21)22/h2-7,12H,8-11,13H2,1H3. The highest BCUT2D eigenvalue weighted by Gasteiger charge is 2.30. The van der Waals surface area contributed by atoms with Crippen molar-refractivity contribution in [2.24, 2.45) is 0 Å². The molecule has 0 radical (unpaired) electrons. The zero-order valence-corrected chi connectivity index (χ0v) is 15.3. The topological polar surface area (TPSA) is 54.9 Å². The van der Waals surface area contributed by atoms with Crippen LogP contribution in [0.5, 0.6) is 11.6 Å². The van der Waals surface area contributed by atoms with Gasteiger partial charge in [-0.2, -0.15) is 13.2 Å². The summed E-state index contributed by atoms with van der Waals surface area (Å²) in [5.74, 6) is 0.0495. The van der Waals surface area contributed by atoms with Gasteiger partial charge in [-0.3, -0.25) is 4.79 Å². The summed E-state index contributed by atoms with van der Waals surface area (Å²) in [4.78, 5) is 20.3. The molecule has 0 N–H and O–H groups in total. The lowest BCUT2D eigenvalue weighted by molar-refractivity contribution is -0.154. The van der Waals surface area contributed by atoms with Crippen LogP contribution < -0.4 is 14.4 Å². The van der Waals surface area contributed by atoms with E-state index in [9.17, 15) is 18.0 Å². The van der Waals surface area contributed by atoms with Crippen molar-refractivity contribution in [2.45, 2.75) is 6.18 Å². The highest BCUT2D eigenvalue weighted by Crippen LogP contribution is 2.24. The number of carbonyl (C=O) groups is 1. The summed E-state index contributed by atoms with van der Waals surface area (Å²) in [7, 11) is 1.60. The monoisotopic (exact) mass is 395 g/mol. The summed E-state index contributed by atoms with van der Waals surface area (Å²) in [5.41, 5.74) is 1.02. The molecule has 150 valence electrons. The maximum Gasteiger partial charge on any atom is 0.422 e. The number of aromatic nitrogens is 1. The molecule has 1 aromatic heterocycles. The van der Waals surface area contributed by atoms with Gasteiger partial charge in [0.25, 0.3) is 5.91 Å². The molecule has 2 aromatic rings. The molecule has 1 aromatic carbocycles. The molecule has 9 heteroatoms. The molecule has 0 bridgehead atoms. The van der Waals surface area contributed by atoms with Crippen LogP contribution in [0.15, 0.2) is 42.6 Å². The van der Waals surface area contributed by atoms with Crippen molar-refractivity contribution in [2.75, 3.05) is 44.8 Å². The van der Waals surface area contributed by atoms with Crippen LogP contribution in [0, 0.1) is 0 Å². The average molecular weight is 395 g/mol. The second kappa shape index (κ2) is 8.37. The number of hydrogen-bond donors (Lipinski definition) is 0. The van der Waals surface area contributed by atoms with Gasteiger partial charge in [0.05, 0.1) is 7.11 Å². The Morgan fingerprint density at radius 1 is 1.14 bits per heavy atom. The number of carbonyl (C=O) groups excluding carboxylic acids is 1. The van der Waals surface area contributed by atoms with Gasteiger partial charge in [-0.05, 0) is 24.3 Å². The first-order valence-corrected chi connectivity index (χ1v) is 8.70. The number of piperazine rings is 1. The smallest absolute Gasteiger partial charge is 0.422 e. The SMILES string of the molecule is COc1cccc(N2CCN(C(=O)c3cccnc3OCC(F)(F)F)CC2)c1. The van der Waals surface area contributed by atoms with Crippen LogP contribution in [0.25, 0.3) is 0 Å². The van der Waals surface area contributed by atoms with E-state index in [1.54, 1.807) is 12.0 Å². The van der Waals surface area contributed by atoms with Gasteiger partial charge in [-0.25, -0.2) is 4.98 Å². The van der Waals surface area contributed by atoms with Crippen LogP contribution in [0.4, 0.5) is 18.9 Å². The minimum absolute atomic E-state index is 0.0292. The summed E-state index contributed by atoms with van der Waals surface area (Å²) in [6.07, 6.45) is -3.20. The number of pyridine rings is 1. The second-order valence-corrected chi connectivity index (χ2v) is 6.24. The molecule has 1 saturated heterocycles. The summed E-state index contributed by atoms with van der Waals surface area (Å²) in [5, 5.41) is 0. The van der Waals surface area contributed by atoms with Crippen molar-refractivity contribution in [3.63, 3.8) is 0 Å². The van der Waals surface area contributed by atoms with Crippen molar-refractivity contribution in [3.05, 3.63) is 48.2 Å². The Morgan fingerprint density at radius 3 is 2.57 bits per heavy atom. The molecule has 0 atom stereocenters. The Hall–Kier alpha value is -2.97. The summed E-state index contributed by atoms with van der Waals surface area (Å²) >= 11 is 0. The molecular formula is C19H20F3N3O3. The third kappa shape index (κ3) is 4.85. The van der Waals surface area contributed by atoms with E-state index in [1.807, 2.05) is 24.3 Å². The Bertz CT molecular complexity index is 821. The van der Waals surface area contributed by atoms with Crippen LogP contribution in [0.2, 0.25) is 0 Å². The highest BCUT2D eigenvalue weighted by molar-refractivity contribution is 5.96. The number of nitrogens with zero attached hydrogens (tertiary/aromatic N) is 3. The van der Waals surface area contributed by atoms with Crippen molar-refractivity contribution >= 4 is 11.6 Å². The van der Waals surface area contributed by atoms with Gasteiger partial charge >= 0.3 is 6.18 Å². The van der Waals surface area contributed by atoms with E-state index in [0.717, 1.165) is 11.4 Å². The largest absolute Gasteiger partial charge is 0.497 e. The normalized spacial score (nSPS) is 14.7. The number of amides is 1. The minimum atomic E-state index is -4.50. The summed E-state index contributed by atoms with van der Waals surface area (Å²) in [6, 6.07) is 10.6. The zero-order chi connectivity index (χ0) is 20.1. The fraction of sp³-hybridized carbons (Fsp3) is 0.368. The van der Waals surface area contributed by atoms with Crippen LogP contribution in [-0.2, 0) is 0 Å². The zero-order valence-electron chi connectivity index (χ0n) is 15.3. The fourth-order valence-electron chi connectivity index (χ4n) is 2.96. The molecule has 3 rings (SSSR count). The van der Waals surface area contributed by atoms with Crippen molar-refractivity contribution in [3.8, 4) is 11.6 Å². The van der Waals surface area contributed by atoms with Crippen molar-refractivity contribution in [1.82, 2.24) is 9.88 Å². The van der Waals surface area contributed by atoms with Crippen LogP contribution in [0.1, 0.15) is 10.4 Å². The quantitative estimate of drug-likeness (QED) is 0.779. The lowest BCUT2D eigenvalue weighted by Crippen LogP contribution is -2.48. The molecule has 0 unspecified atom stereocenters. The molecule has 0 aliphatic carbocycles. The van der Waals surface area contributed by atoms with Crippen molar-refractivity contribution < 1.29 is 27.4 Å². The first-order valence-electron chi connectivity index (χ1n) is 8.70. The Balaban J connectivity index is 1.65. The molecule has 1 amide bonds. The van der Waals surface area contributed by atoms with Gasteiger partial charge in [0.15, 0.2) is 6.61 Å².